The maximum absolute atomic E-state index is 13.1. The summed E-state index contributed by atoms with van der Waals surface area (Å²) in [5.41, 5.74) is -0.285. The van der Waals surface area contributed by atoms with Crippen molar-refractivity contribution < 1.29 is 19.1 Å². The molecule has 1 aromatic rings. The minimum atomic E-state index is -0.778. The summed E-state index contributed by atoms with van der Waals surface area (Å²) < 4.78 is 11.7. The molecule has 0 bridgehead atoms. The predicted molar refractivity (Wildman–Crippen MR) is 116 cm³/mol. The second-order valence-corrected chi connectivity index (χ2v) is 9.87. The van der Waals surface area contributed by atoms with Gasteiger partial charge in [0.25, 0.3) is 0 Å². The highest BCUT2D eigenvalue weighted by molar-refractivity contribution is 5.86. The molecule has 2 aliphatic rings. The van der Waals surface area contributed by atoms with E-state index in [0.29, 0.717) is 13.2 Å². The molecule has 3 atom stereocenters. The van der Waals surface area contributed by atoms with Crippen LogP contribution in [0.5, 0.6) is 0 Å². The number of rotatable bonds is 6. The van der Waals surface area contributed by atoms with Crippen LogP contribution in [0.1, 0.15) is 66.4 Å². The van der Waals surface area contributed by atoms with Crippen LogP contribution in [-0.4, -0.2) is 51.8 Å². The van der Waals surface area contributed by atoms with E-state index in [9.17, 15) is 9.59 Å². The van der Waals surface area contributed by atoms with E-state index in [4.69, 9.17) is 9.47 Å². The van der Waals surface area contributed by atoms with Crippen LogP contribution in [0.2, 0.25) is 0 Å². The molecule has 2 heterocycles. The normalized spacial score (nSPS) is 25.9. The van der Waals surface area contributed by atoms with E-state index < -0.39 is 11.3 Å². The Bertz CT molecular complexity index is 756. The Balaban J connectivity index is 1.87. The third kappa shape index (κ3) is 4.64. The third-order valence-corrected chi connectivity index (χ3v) is 5.94. The summed E-state index contributed by atoms with van der Waals surface area (Å²) in [5, 5.41) is 0. The number of hydrogen-bond acceptors (Lipinski definition) is 4. The van der Waals surface area contributed by atoms with Crippen molar-refractivity contribution in [1.29, 1.82) is 0 Å². The molecule has 1 aromatic carbocycles. The number of benzene rings is 1. The van der Waals surface area contributed by atoms with Crippen LogP contribution >= 0.6 is 0 Å². The van der Waals surface area contributed by atoms with E-state index in [1.807, 2.05) is 69.9 Å². The molecule has 0 saturated carbocycles. The maximum Gasteiger partial charge on any atom is 0.412 e. The van der Waals surface area contributed by atoms with Crippen LogP contribution in [0.15, 0.2) is 30.3 Å². The van der Waals surface area contributed by atoms with Crippen LogP contribution in [0.3, 0.4) is 0 Å². The van der Waals surface area contributed by atoms with E-state index >= 15 is 0 Å². The van der Waals surface area contributed by atoms with E-state index in [1.54, 1.807) is 4.90 Å². The van der Waals surface area contributed by atoms with Gasteiger partial charge in [0.2, 0.25) is 5.91 Å². The molecule has 30 heavy (non-hydrogen) atoms. The van der Waals surface area contributed by atoms with Crippen LogP contribution in [0.25, 0.3) is 0 Å². The lowest BCUT2D eigenvalue weighted by Gasteiger charge is -2.52. The lowest BCUT2D eigenvalue weighted by molar-refractivity contribution is -0.163. The first-order valence-corrected chi connectivity index (χ1v) is 11.1. The fourth-order valence-corrected chi connectivity index (χ4v) is 4.55. The van der Waals surface area contributed by atoms with E-state index in [2.05, 4.69) is 6.92 Å². The van der Waals surface area contributed by atoms with Crippen molar-refractivity contribution in [2.45, 2.75) is 90.8 Å². The van der Waals surface area contributed by atoms with Gasteiger partial charge in [-0.2, -0.15) is 0 Å². The van der Waals surface area contributed by atoms with Gasteiger partial charge >= 0.3 is 6.09 Å². The number of amides is 2. The number of carbonyl (C=O) groups is 2. The van der Waals surface area contributed by atoms with Crippen LogP contribution in [0, 0.1) is 5.92 Å². The van der Waals surface area contributed by atoms with E-state index in [0.717, 1.165) is 24.8 Å². The summed E-state index contributed by atoms with van der Waals surface area (Å²) in [7, 11) is 0. The topological polar surface area (TPSA) is 59.1 Å². The quantitative estimate of drug-likeness (QED) is 0.637. The Hall–Kier alpha value is -2.08. The van der Waals surface area contributed by atoms with Crippen LogP contribution in [0.4, 0.5) is 4.79 Å². The van der Waals surface area contributed by atoms with Crippen molar-refractivity contribution in [3.8, 4) is 0 Å². The van der Waals surface area contributed by atoms with Gasteiger partial charge in [0.15, 0.2) is 0 Å². The molecule has 2 amide bonds. The van der Waals surface area contributed by atoms with E-state index in [-0.39, 0.29) is 30.0 Å². The molecule has 2 aliphatic heterocycles. The van der Waals surface area contributed by atoms with Gasteiger partial charge in [-0.05, 0) is 46.6 Å². The van der Waals surface area contributed by atoms with Crippen molar-refractivity contribution >= 4 is 12.0 Å². The first kappa shape index (κ1) is 22.6. The van der Waals surface area contributed by atoms with Gasteiger partial charge in [0.1, 0.15) is 11.3 Å². The zero-order valence-corrected chi connectivity index (χ0v) is 19.2. The molecule has 2 saturated heterocycles. The van der Waals surface area contributed by atoms with Crippen LogP contribution < -0.4 is 0 Å². The highest BCUT2D eigenvalue weighted by Crippen LogP contribution is 2.41. The molecule has 0 aliphatic carbocycles. The number of hydrogen-bond donors (Lipinski definition) is 0. The second-order valence-electron chi connectivity index (χ2n) is 9.87. The molecule has 0 unspecified atom stereocenters. The molecular weight excluding hydrogens is 380 g/mol. The number of ether oxygens (including phenoxy) is 2. The minimum Gasteiger partial charge on any atom is -0.444 e. The van der Waals surface area contributed by atoms with Crippen molar-refractivity contribution in [3.63, 3.8) is 0 Å². The zero-order chi connectivity index (χ0) is 22.1. The second kappa shape index (κ2) is 8.58. The standard InChI is InChI=1S/C24H36N2O4/c1-7-8-14-18-20(25(21(18)27)15-17-12-10-9-11-13-17)19-16-29-24(5,6)26(19)22(28)30-23(2,3)4/h9-13,18-20H,7-8,14-16H2,1-6H3/t18-,19+,20+/m1/s1. The lowest BCUT2D eigenvalue weighted by atomic mass is 9.78. The van der Waals surface area contributed by atoms with E-state index in [1.165, 1.54) is 0 Å². The summed E-state index contributed by atoms with van der Waals surface area (Å²) in [6, 6.07) is 9.71. The SMILES string of the molecule is CCCC[C@H]1C(=O)N(Cc2ccccc2)[C@@H]1[C@@H]1COC(C)(C)N1C(=O)OC(C)(C)C. The van der Waals surface area contributed by atoms with Crippen molar-refractivity contribution in [2.75, 3.05) is 6.61 Å². The fraction of sp³-hybridized carbons (Fsp3) is 0.667. The Morgan fingerprint density at radius 3 is 2.50 bits per heavy atom. The fourth-order valence-electron chi connectivity index (χ4n) is 4.55. The average Bonchev–Trinajstić information content (AvgIpc) is 2.97. The number of likely N-dealkylation sites (tertiary alicyclic amines) is 1. The number of carbonyl (C=O) groups excluding carboxylic acids is 2. The summed E-state index contributed by atoms with van der Waals surface area (Å²) in [6.07, 6.45) is 2.49. The maximum atomic E-state index is 13.1. The number of nitrogens with zero attached hydrogens (tertiary/aromatic N) is 2. The molecule has 0 spiro atoms. The van der Waals surface area contributed by atoms with Crippen molar-refractivity contribution in [3.05, 3.63) is 35.9 Å². The molecule has 0 N–H and O–H groups in total. The van der Waals surface area contributed by atoms with Crippen molar-refractivity contribution in [1.82, 2.24) is 9.80 Å². The largest absolute Gasteiger partial charge is 0.444 e. The van der Waals surface area contributed by atoms with Gasteiger partial charge in [-0.15, -0.1) is 0 Å². The predicted octanol–water partition coefficient (Wildman–Crippen LogP) is 4.58. The van der Waals surface area contributed by atoms with Crippen LogP contribution in [-0.2, 0) is 20.8 Å². The van der Waals surface area contributed by atoms with Gasteiger partial charge in [0, 0.05) is 6.54 Å². The molecule has 6 heteroatoms. The highest BCUT2D eigenvalue weighted by atomic mass is 16.6. The molecule has 6 nitrogen and oxygen atoms in total. The van der Waals surface area contributed by atoms with Crippen molar-refractivity contribution in [2.24, 2.45) is 5.92 Å². The van der Waals surface area contributed by atoms with Gasteiger partial charge in [0.05, 0.1) is 24.6 Å². The van der Waals surface area contributed by atoms with Gasteiger partial charge in [-0.1, -0.05) is 50.1 Å². The summed E-state index contributed by atoms with van der Waals surface area (Å²) in [6.45, 7) is 12.5. The molecule has 2 fully saturated rings. The third-order valence-electron chi connectivity index (χ3n) is 5.94. The first-order valence-electron chi connectivity index (χ1n) is 11.1. The lowest BCUT2D eigenvalue weighted by Crippen LogP contribution is -2.69. The molecule has 3 rings (SSSR count). The van der Waals surface area contributed by atoms with Gasteiger partial charge < -0.3 is 14.4 Å². The molecule has 0 radical (unpaired) electrons. The average molecular weight is 417 g/mol. The highest BCUT2D eigenvalue weighted by Gasteiger charge is 2.58. The zero-order valence-electron chi connectivity index (χ0n) is 19.2. The Morgan fingerprint density at radius 2 is 1.90 bits per heavy atom. The first-order chi connectivity index (χ1) is 14.0. The Labute approximate surface area is 180 Å². The van der Waals surface area contributed by atoms with Gasteiger partial charge in [-0.3, -0.25) is 9.69 Å². The molecule has 0 aromatic heterocycles. The monoisotopic (exact) mass is 416 g/mol. The molecular formula is C24H36N2O4. The van der Waals surface area contributed by atoms with Gasteiger partial charge in [-0.25, -0.2) is 4.79 Å². The number of unbranched alkanes of at least 4 members (excludes halogenated alkanes) is 1. The summed E-state index contributed by atoms with van der Waals surface area (Å²) >= 11 is 0. The summed E-state index contributed by atoms with van der Waals surface area (Å²) in [5.74, 6) is 0.0900. The molecule has 166 valence electrons. The Kier molecular flexibility index (Phi) is 6.46. The summed E-state index contributed by atoms with van der Waals surface area (Å²) in [4.78, 5) is 29.8. The minimum absolute atomic E-state index is 0.0708. The Morgan fingerprint density at radius 1 is 1.23 bits per heavy atom. The number of β-lactam (4-membered cyclic amide) rings is 1. The smallest absolute Gasteiger partial charge is 0.412 e.